The summed E-state index contributed by atoms with van der Waals surface area (Å²) < 4.78 is 75.0. The molecular weight excluding hydrogens is 559 g/mol. The predicted octanol–water partition coefficient (Wildman–Crippen LogP) is 5.00. The van der Waals surface area contributed by atoms with Gasteiger partial charge in [0.1, 0.15) is 23.2 Å². The largest absolute Gasteiger partial charge is 0.488 e. The zero-order chi connectivity index (χ0) is 29.7. The molecule has 0 saturated carbocycles. The van der Waals surface area contributed by atoms with Crippen LogP contribution in [0, 0.1) is 6.92 Å². The molecule has 1 fully saturated rings. The number of ether oxygens (including phenoxy) is 1. The highest BCUT2D eigenvalue weighted by atomic mass is 32.2. The maximum Gasteiger partial charge on any atom is 0.421 e. The Morgan fingerprint density at radius 2 is 1.88 bits per heavy atom. The zero-order valence-corrected chi connectivity index (χ0v) is 24.4. The smallest absolute Gasteiger partial charge is 0.421 e. The molecule has 0 bridgehead atoms. The van der Waals surface area contributed by atoms with Crippen molar-refractivity contribution in [2.45, 2.75) is 75.4 Å². The summed E-state index contributed by atoms with van der Waals surface area (Å²) in [5, 5.41) is 11.8. The summed E-state index contributed by atoms with van der Waals surface area (Å²) in [6, 6.07) is 1.93. The van der Waals surface area contributed by atoms with Crippen LogP contribution in [0.25, 0.3) is 0 Å². The first-order valence-electron chi connectivity index (χ1n) is 13.5. The number of sulfone groups is 1. The van der Waals surface area contributed by atoms with Crippen LogP contribution in [0.2, 0.25) is 0 Å². The van der Waals surface area contributed by atoms with Crippen molar-refractivity contribution in [1.29, 1.82) is 0 Å². The molecule has 4 heterocycles. The second-order valence-corrected chi connectivity index (χ2v) is 13.4. The molecule has 0 radical (unpaired) electrons. The van der Waals surface area contributed by atoms with E-state index in [2.05, 4.69) is 31.0 Å². The monoisotopic (exact) mass is 593 g/mol. The van der Waals surface area contributed by atoms with E-state index in [1.807, 2.05) is 19.9 Å². The van der Waals surface area contributed by atoms with Gasteiger partial charge in [-0.2, -0.15) is 23.3 Å². The molecule has 2 aliphatic heterocycles. The second-order valence-electron chi connectivity index (χ2n) is 10.9. The summed E-state index contributed by atoms with van der Waals surface area (Å²) in [5.74, 6) is 0.364. The van der Waals surface area contributed by atoms with Gasteiger partial charge < -0.3 is 20.7 Å². The minimum absolute atomic E-state index is 0.0505. The van der Waals surface area contributed by atoms with Gasteiger partial charge in [-0.05, 0) is 76.7 Å². The van der Waals surface area contributed by atoms with E-state index in [1.54, 1.807) is 0 Å². The van der Waals surface area contributed by atoms with Crippen LogP contribution in [0.4, 0.5) is 36.3 Å². The van der Waals surface area contributed by atoms with Gasteiger partial charge in [-0.1, -0.05) is 0 Å². The molecule has 222 valence electrons. The van der Waals surface area contributed by atoms with Crippen molar-refractivity contribution >= 4 is 33.0 Å². The fraction of sp³-hybridized carbons (Fsp3) is 0.519. The molecule has 1 unspecified atom stereocenters. The van der Waals surface area contributed by atoms with E-state index in [1.165, 1.54) is 37.3 Å². The maximum absolute atomic E-state index is 14.0. The molecule has 14 heteroatoms. The van der Waals surface area contributed by atoms with Crippen molar-refractivity contribution < 1.29 is 26.3 Å². The van der Waals surface area contributed by atoms with Crippen molar-refractivity contribution in [3.8, 4) is 5.75 Å². The lowest BCUT2D eigenvalue weighted by Gasteiger charge is -2.27. The van der Waals surface area contributed by atoms with Gasteiger partial charge in [0, 0.05) is 31.4 Å². The normalized spacial score (nSPS) is 17.9. The van der Waals surface area contributed by atoms with Crippen molar-refractivity contribution in [2.75, 3.05) is 23.7 Å². The molecular formula is C27H34F3N7O3S. The summed E-state index contributed by atoms with van der Waals surface area (Å²) >= 11 is 0. The minimum Gasteiger partial charge on any atom is -0.488 e. The van der Waals surface area contributed by atoms with Gasteiger partial charge in [-0.25, -0.2) is 13.4 Å². The van der Waals surface area contributed by atoms with E-state index in [0.717, 1.165) is 43.5 Å². The number of piperidine rings is 1. The zero-order valence-electron chi connectivity index (χ0n) is 23.6. The third-order valence-corrected chi connectivity index (χ3v) is 9.55. The minimum atomic E-state index is -4.80. The van der Waals surface area contributed by atoms with E-state index >= 15 is 0 Å². The SMILES string of the molecule is Cc1cc(Nc2ncc(C(F)(F)F)c(Nc3cn(C)nc3S(=O)(=O)C(C)C)n2)c2c(c1C1CCNCC1)CC(C)O2. The van der Waals surface area contributed by atoms with Crippen LogP contribution in [-0.4, -0.2) is 52.6 Å². The van der Waals surface area contributed by atoms with Gasteiger partial charge >= 0.3 is 6.18 Å². The van der Waals surface area contributed by atoms with Crippen LogP contribution in [0.1, 0.15) is 61.8 Å². The van der Waals surface area contributed by atoms with E-state index in [4.69, 9.17) is 4.74 Å². The molecule has 0 amide bonds. The molecule has 10 nitrogen and oxygen atoms in total. The standard InChI is InChI=1S/C27H34F3N7O3S/c1-14(2)41(38,39)25-21(13-37(5)36-25)33-24-19(27(28,29)30)12-32-26(35-24)34-20-10-15(3)22(17-6-8-31-9-7-17)18-11-16(4)40-23(18)20/h10,12-14,16-17,31H,6-9,11H2,1-5H3,(H2,32,33,34,35). The Kier molecular flexibility index (Phi) is 7.66. The topological polar surface area (TPSA) is 123 Å². The number of anilines is 4. The van der Waals surface area contributed by atoms with Crippen LogP contribution >= 0.6 is 0 Å². The highest BCUT2D eigenvalue weighted by molar-refractivity contribution is 7.92. The number of halogens is 3. The van der Waals surface area contributed by atoms with Crippen LogP contribution < -0.4 is 20.7 Å². The third kappa shape index (κ3) is 5.71. The predicted molar refractivity (Wildman–Crippen MR) is 149 cm³/mol. The van der Waals surface area contributed by atoms with Crippen LogP contribution in [0.3, 0.4) is 0 Å². The molecule has 2 aromatic heterocycles. The first-order valence-corrected chi connectivity index (χ1v) is 15.1. The van der Waals surface area contributed by atoms with Crippen molar-refractivity contribution in [2.24, 2.45) is 7.05 Å². The van der Waals surface area contributed by atoms with E-state index in [-0.39, 0.29) is 22.8 Å². The second kappa shape index (κ2) is 10.8. The summed E-state index contributed by atoms with van der Waals surface area (Å²) in [5.41, 5.74) is 2.76. The molecule has 1 saturated heterocycles. The van der Waals surface area contributed by atoms with Gasteiger partial charge in [0.2, 0.25) is 20.8 Å². The van der Waals surface area contributed by atoms with Gasteiger partial charge in [-0.15, -0.1) is 0 Å². The average Bonchev–Trinajstić information content (AvgIpc) is 3.46. The summed E-state index contributed by atoms with van der Waals surface area (Å²) in [6.45, 7) is 8.86. The van der Waals surface area contributed by atoms with E-state index in [0.29, 0.717) is 23.6 Å². The Hall–Kier alpha value is -3.39. The lowest BCUT2D eigenvalue weighted by molar-refractivity contribution is -0.137. The molecule has 1 aromatic carbocycles. The number of aryl methyl sites for hydroxylation is 2. The number of fused-ring (bicyclic) bond motifs is 1. The number of aromatic nitrogens is 4. The van der Waals surface area contributed by atoms with Crippen molar-refractivity contribution in [3.05, 3.63) is 40.7 Å². The average molecular weight is 594 g/mol. The Morgan fingerprint density at radius 3 is 2.54 bits per heavy atom. The highest BCUT2D eigenvalue weighted by Gasteiger charge is 2.37. The molecule has 5 rings (SSSR count). The Balaban J connectivity index is 1.54. The molecule has 3 aromatic rings. The van der Waals surface area contributed by atoms with Crippen molar-refractivity contribution in [1.82, 2.24) is 25.1 Å². The Labute approximate surface area is 237 Å². The van der Waals surface area contributed by atoms with Gasteiger partial charge in [0.25, 0.3) is 0 Å². The molecule has 0 aliphatic carbocycles. The van der Waals surface area contributed by atoms with E-state index in [9.17, 15) is 21.6 Å². The number of benzene rings is 1. The van der Waals surface area contributed by atoms with Crippen LogP contribution in [0.5, 0.6) is 5.75 Å². The fourth-order valence-electron chi connectivity index (χ4n) is 5.50. The first kappa shape index (κ1) is 29.1. The Bertz CT molecular complexity index is 1570. The molecule has 1 atom stereocenters. The van der Waals surface area contributed by atoms with Gasteiger partial charge in [-0.3, -0.25) is 4.68 Å². The molecule has 0 spiro atoms. The van der Waals surface area contributed by atoms with Crippen LogP contribution in [-0.2, 0) is 29.5 Å². The number of hydrogen-bond acceptors (Lipinski definition) is 9. The van der Waals surface area contributed by atoms with Gasteiger partial charge in [0.05, 0.1) is 16.6 Å². The van der Waals surface area contributed by atoms with E-state index < -0.39 is 32.6 Å². The van der Waals surface area contributed by atoms with Gasteiger partial charge in [0.15, 0.2) is 0 Å². The summed E-state index contributed by atoms with van der Waals surface area (Å²) in [7, 11) is -2.41. The summed E-state index contributed by atoms with van der Waals surface area (Å²) in [6.07, 6.45) is -0.0964. The maximum atomic E-state index is 14.0. The van der Waals surface area contributed by atoms with Crippen LogP contribution in [0.15, 0.2) is 23.5 Å². The quantitative estimate of drug-likeness (QED) is 0.347. The molecule has 2 aliphatic rings. The van der Waals surface area contributed by atoms with Crippen molar-refractivity contribution in [3.63, 3.8) is 0 Å². The third-order valence-electron chi connectivity index (χ3n) is 7.47. The fourth-order valence-corrected chi connectivity index (χ4v) is 6.60. The number of rotatable bonds is 7. The number of nitrogens with one attached hydrogen (secondary N) is 3. The number of nitrogens with zero attached hydrogens (tertiary/aromatic N) is 4. The summed E-state index contributed by atoms with van der Waals surface area (Å²) in [4.78, 5) is 8.09. The molecule has 41 heavy (non-hydrogen) atoms. The first-order chi connectivity index (χ1) is 19.3. The lowest BCUT2D eigenvalue weighted by atomic mass is 9.83. The number of hydrogen-bond donors (Lipinski definition) is 3. The highest BCUT2D eigenvalue weighted by Crippen LogP contribution is 2.45. The number of alkyl halides is 3. The lowest BCUT2D eigenvalue weighted by Crippen LogP contribution is -2.27. The Morgan fingerprint density at radius 1 is 1.17 bits per heavy atom. The molecule has 3 N–H and O–H groups in total.